The lowest BCUT2D eigenvalue weighted by atomic mass is 9.79. The van der Waals surface area contributed by atoms with Crippen molar-refractivity contribution >= 4 is 23.6 Å². The lowest BCUT2D eigenvalue weighted by molar-refractivity contribution is -0.124. The highest BCUT2D eigenvalue weighted by molar-refractivity contribution is 7.98. The van der Waals surface area contributed by atoms with E-state index in [4.69, 9.17) is 9.47 Å². The standard InChI is InChI=1S/C30H41N3O4S/c1-19-14-20(2)18-33(17-19)13-7-12-31-29(34)27-23-15-25(36-4)26(37-5)16-24(23)30(35)32(3)28(27)21-8-10-22(38-6)11-9-21/h8-11,15-16,19-20,27-28H,7,12-14,17-18H2,1-6H3,(H,31,34)/t19-,20+,27-,28+/m0/s1. The quantitative estimate of drug-likeness (QED) is 0.364. The Morgan fingerprint density at radius 2 is 1.68 bits per heavy atom. The van der Waals surface area contributed by atoms with Gasteiger partial charge in [0.25, 0.3) is 5.91 Å². The van der Waals surface area contributed by atoms with Crippen LogP contribution in [0.5, 0.6) is 11.5 Å². The van der Waals surface area contributed by atoms with E-state index < -0.39 is 12.0 Å². The van der Waals surface area contributed by atoms with Gasteiger partial charge in [-0.25, -0.2) is 0 Å². The smallest absolute Gasteiger partial charge is 0.254 e. The maximum absolute atomic E-state index is 13.9. The van der Waals surface area contributed by atoms with E-state index in [9.17, 15) is 9.59 Å². The van der Waals surface area contributed by atoms with Crippen molar-refractivity contribution in [1.29, 1.82) is 0 Å². The number of fused-ring (bicyclic) bond motifs is 1. The number of hydrogen-bond acceptors (Lipinski definition) is 6. The van der Waals surface area contributed by atoms with Crippen molar-refractivity contribution in [2.24, 2.45) is 11.8 Å². The first-order valence-corrected chi connectivity index (χ1v) is 14.7. The Morgan fingerprint density at radius 1 is 1.05 bits per heavy atom. The van der Waals surface area contributed by atoms with Gasteiger partial charge in [0.15, 0.2) is 11.5 Å². The van der Waals surface area contributed by atoms with Crippen LogP contribution >= 0.6 is 11.8 Å². The summed E-state index contributed by atoms with van der Waals surface area (Å²) in [5.41, 5.74) is 2.06. The highest BCUT2D eigenvalue weighted by atomic mass is 32.2. The second kappa shape index (κ2) is 12.4. The van der Waals surface area contributed by atoms with Crippen LogP contribution in [0.25, 0.3) is 0 Å². The van der Waals surface area contributed by atoms with Gasteiger partial charge in [-0.1, -0.05) is 26.0 Å². The number of hydrogen-bond donors (Lipinski definition) is 1. The highest BCUT2D eigenvalue weighted by Crippen LogP contribution is 2.45. The summed E-state index contributed by atoms with van der Waals surface area (Å²) < 4.78 is 11.0. The Morgan fingerprint density at radius 3 is 2.29 bits per heavy atom. The molecule has 7 nitrogen and oxygen atoms in total. The van der Waals surface area contributed by atoms with Crippen molar-refractivity contribution in [3.05, 3.63) is 53.1 Å². The van der Waals surface area contributed by atoms with Crippen LogP contribution in [0.1, 0.15) is 60.1 Å². The van der Waals surface area contributed by atoms with Gasteiger partial charge in [0.05, 0.1) is 26.2 Å². The zero-order chi connectivity index (χ0) is 27.4. The predicted octanol–water partition coefficient (Wildman–Crippen LogP) is 4.82. The molecule has 0 radical (unpaired) electrons. The second-order valence-electron chi connectivity index (χ2n) is 10.8. The van der Waals surface area contributed by atoms with Gasteiger partial charge in [0.2, 0.25) is 5.91 Å². The molecule has 2 aliphatic rings. The largest absolute Gasteiger partial charge is 0.493 e. The van der Waals surface area contributed by atoms with E-state index in [-0.39, 0.29) is 11.8 Å². The summed E-state index contributed by atoms with van der Waals surface area (Å²) in [6.45, 7) is 8.44. The zero-order valence-corrected chi connectivity index (χ0v) is 24.3. The third-order valence-corrected chi connectivity index (χ3v) is 8.55. The van der Waals surface area contributed by atoms with Crippen molar-refractivity contribution in [3.8, 4) is 11.5 Å². The lowest BCUT2D eigenvalue weighted by Crippen LogP contribution is -2.46. The lowest BCUT2D eigenvalue weighted by Gasteiger charge is -2.40. The topological polar surface area (TPSA) is 71.1 Å². The van der Waals surface area contributed by atoms with Crippen LogP contribution in [-0.4, -0.2) is 75.3 Å². The fourth-order valence-electron chi connectivity index (χ4n) is 6.15. The number of ether oxygens (including phenoxy) is 2. The molecule has 38 heavy (non-hydrogen) atoms. The summed E-state index contributed by atoms with van der Waals surface area (Å²) in [5.74, 6) is 1.60. The third-order valence-electron chi connectivity index (χ3n) is 7.81. The maximum atomic E-state index is 13.9. The monoisotopic (exact) mass is 539 g/mol. The molecule has 2 aromatic carbocycles. The number of likely N-dealkylation sites (N-methyl/N-ethyl adjacent to an activating group) is 1. The summed E-state index contributed by atoms with van der Waals surface area (Å²) in [6.07, 6.45) is 4.20. The molecule has 4 atom stereocenters. The summed E-state index contributed by atoms with van der Waals surface area (Å²) in [6, 6.07) is 11.2. The van der Waals surface area contributed by atoms with Gasteiger partial charge in [0, 0.05) is 37.1 Å². The van der Waals surface area contributed by atoms with Gasteiger partial charge in [0.1, 0.15) is 0 Å². The molecule has 0 spiro atoms. The van der Waals surface area contributed by atoms with Gasteiger partial charge in [-0.05, 0) is 72.9 Å². The molecule has 2 aromatic rings. The first-order valence-electron chi connectivity index (χ1n) is 13.4. The molecule has 0 bridgehead atoms. The maximum Gasteiger partial charge on any atom is 0.254 e. The number of thioether (sulfide) groups is 1. The minimum Gasteiger partial charge on any atom is -0.493 e. The van der Waals surface area contributed by atoms with Gasteiger partial charge in [-0.3, -0.25) is 9.59 Å². The number of amides is 2. The van der Waals surface area contributed by atoms with Crippen LogP contribution in [0.4, 0.5) is 0 Å². The highest BCUT2D eigenvalue weighted by Gasteiger charge is 2.43. The summed E-state index contributed by atoms with van der Waals surface area (Å²) in [7, 11) is 4.89. The molecule has 2 heterocycles. The molecule has 2 amide bonds. The number of methoxy groups -OCH3 is 2. The molecule has 8 heteroatoms. The van der Waals surface area contributed by atoms with Crippen molar-refractivity contribution in [2.75, 3.05) is 53.7 Å². The van der Waals surface area contributed by atoms with E-state index in [1.807, 2.05) is 30.5 Å². The first kappa shape index (κ1) is 28.3. The zero-order valence-electron chi connectivity index (χ0n) is 23.5. The van der Waals surface area contributed by atoms with Gasteiger partial charge >= 0.3 is 0 Å². The molecule has 2 aliphatic heterocycles. The minimum absolute atomic E-state index is 0.0860. The number of likely N-dealkylation sites (tertiary alicyclic amines) is 1. The van der Waals surface area contributed by atoms with Crippen LogP contribution in [0, 0.1) is 11.8 Å². The molecular weight excluding hydrogens is 498 g/mol. The number of benzene rings is 2. The molecule has 0 unspecified atom stereocenters. The Bertz CT molecular complexity index is 1130. The van der Waals surface area contributed by atoms with Crippen molar-refractivity contribution in [3.63, 3.8) is 0 Å². The molecule has 206 valence electrons. The summed E-state index contributed by atoms with van der Waals surface area (Å²) in [5, 5.41) is 3.20. The molecule has 1 fully saturated rings. The number of nitrogens with one attached hydrogen (secondary N) is 1. The van der Waals surface area contributed by atoms with Crippen LogP contribution in [-0.2, 0) is 4.79 Å². The predicted molar refractivity (Wildman–Crippen MR) is 152 cm³/mol. The van der Waals surface area contributed by atoms with E-state index >= 15 is 0 Å². The van der Waals surface area contributed by atoms with Crippen LogP contribution < -0.4 is 14.8 Å². The van der Waals surface area contributed by atoms with Crippen molar-refractivity contribution in [1.82, 2.24) is 15.1 Å². The fourth-order valence-corrected chi connectivity index (χ4v) is 6.56. The molecule has 0 aliphatic carbocycles. The average Bonchev–Trinajstić information content (AvgIpc) is 2.91. The average molecular weight is 540 g/mol. The number of nitrogens with zero attached hydrogens (tertiary/aromatic N) is 2. The van der Waals surface area contributed by atoms with Crippen LogP contribution in [0.2, 0.25) is 0 Å². The summed E-state index contributed by atoms with van der Waals surface area (Å²) >= 11 is 1.66. The Balaban J connectivity index is 1.60. The Kier molecular flexibility index (Phi) is 9.26. The van der Waals surface area contributed by atoms with E-state index in [1.54, 1.807) is 50.1 Å². The van der Waals surface area contributed by atoms with E-state index in [0.717, 1.165) is 36.5 Å². The second-order valence-corrected chi connectivity index (χ2v) is 11.6. The number of rotatable bonds is 9. The number of carbonyl (C=O) groups is 2. The van der Waals surface area contributed by atoms with Crippen LogP contribution in [0.3, 0.4) is 0 Å². The minimum atomic E-state index is -0.581. The molecular formula is C30H41N3O4S. The fraction of sp³-hybridized carbons (Fsp3) is 0.533. The number of carbonyl (C=O) groups excluding carboxylic acids is 2. The van der Waals surface area contributed by atoms with E-state index in [1.165, 1.54) is 6.42 Å². The Labute approximate surface area is 231 Å². The molecule has 0 aromatic heterocycles. The SMILES string of the molecule is COc1cc2c(cc1OC)[C@H](C(=O)NCCCN1C[C@H](C)C[C@H](C)C1)[C@@H](c1ccc(SC)cc1)N(C)C2=O. The van der Waals surface area contributed by atoms with Gasteiger partial charge in [-0.15, -0.1) is 11.8 Å². The van der Waals surface area contributed by atoms with E-state index in [0.29, 0.717) is 41.0 Å². The van der Waals surface area contributed by atoms with Crippen LogP contribution in [0.15, 0.2) is 41.3 Å². The van der Waals surface area contributed by atoms with Crippen molar-refractivity contribution < 1.29 is 19.1 Å². The van der Waals surface area contributed by atoms with E-state index in [2.05, 4.69) is 24.1 Å². The molecule has 0 saturated carbocycles. The third kappa shape index (κ3) is 5.96. The van der Waals surface area contributed by atoms with Gasteiger partial charge in [-0.2, -0.15) is 0 Å². The normalized spacial score (nSPS) is 23.6. The first-order chi connectivity index (χ1) is 18.3. The summed E-state index contributed by atoms with van der Waals surface area (Å²) in [4.78, 5) is 32.8. The molecule has 4 rings (SSSR count). The Hall–Kier alpha value is -2.71. The molecule has 1 saturated heterocycles. The number of piperidine rings is 1. The van der Waals surface area contributed by atoms with Crippen molar-refractivity contribution in [2.45, 2.75) is 43.5 Å². The molecule has 1 N–H and O–H groups in total. The van der Waals surface area contributed by atoms with Gasteiger partial charge < -0.3 is 24.6 Å².